The van der Waals surface area contributed by atoms with Crippen LogP contribution < -0.4 is 11.3 Å². The minimum atomic E-state index is 0.0707. The van der Waals surface area contributed by atoms with Gasteiger partial charge in [0, 0.05) is 28.4 Å². The molecule has 94 valence electrons. The number of ether oxygens (including phenoxy) is 1. The lowest BCUT2D eigenvalue weighted by Crippen LogP contribution is -2.37. The van der Waals surface area contributed by atoms with Crippen LogP contribution in [-0.2, 0) is 4.74 Å². The Morgan fingerprint density at radius 1 is 1.41 bits per heavy atom. The van der Waals surface area contributed by atoms with Gasteiger partial charge in [-0.3, -0.25) is 16.3 Å². The van der Waals surface area contributed by atoms with E-state index in [0.29, 0.717) is 5.92 Å². The third kappa shape index (κ3) is 3.26. The predicted molar refractivity (Wildman–Crippen MR) is 73.2 cm³/mol. The van der Waals surface area contributed by atoms with Crippen molar-refractivity contribution >= 4 is 31.9 Å². The average molecular weight is 365 g/mol. The summed E-state index contributed by atoms with van der Waals surface area (Å²) in [5.74, 6) is 6.15. The van der Waals surface area contributed by atoms with E-state index in [-0.39, 0.29) is 6.04 Å². The molecule has 0 radical (unpaired) electrons. The van der Waals surface area contributed by atoms with E-state index in [9.17, 15) is 0 Å². The molecule has 17 heavy (non-hydrogen) atoms. The van der Waals surface area contributed by atoms with Gasteiger partial charge >= 0.3 is 0 Å². The van der Waals surface area contributed by atoms with Crippen LogP contribution in [0.4, 0.5) is 0 Å². The number of pyridine rings is 1. The largest absolute Gasteiger partial charge is 0.381 e. The lowest BCUT2D eigenvalue weighted by Gasteiger charge is -2.29. The van der Waals surface area contributed by atoms with E-state index >= 15 is 0 Å². The molecular weight excluding hydrogens is 350 g/mol. The fraction of sp³-hybridized carbons (Fsp3) is 0.545. The van der Waals surface area contributed by atoms with Crippen LogP contribution in [0.15, 0.2) is 21.2 Å². The van der Waals surface area contributed by atoms with Crippen LogP contribution in [0.5, 0.6) is 0 Å². The summed E-state index contributed by atoms with van der Waals surface area (Å²) < 4.78 is 7.30. The second-order valence-corrected chi connectivity index (χ2v) is 5.88. The van der Waals surface area contributed by atoms with Gasteiger partial charge in [0.2, 0.25) is 0 Å². The van der Waals surface area contributed by atoms with E-state index in [1.165, 1.54) is 0 Å². The van der Waals surface area contributed by atoms with Crippen molar-refractivity contribution in [1.29, 1.82) is 0 Å². The van der Waals surface area contributed by atoms with Crippen LogP contribution in [0.3, 0.4) is 0 Å². The zero-order valence-corrected chi connectivity index (χ0v) is 12.5. The minimum Gasteiger partial charge on any atom is -0.381 e. The predicted octanol–water partition coefficient (Wildman–Crippen LogP) is 2.54. The second kappa shape index (κ2) is 6.24. The maximum absolute atomic E-state index is 5.68. The first-order valence-electron chi connectivity index (χ1n) is 5.57. The first kappa shape index (κ1) is 13.4. The van der Waals surface area contributed by atoms with Crippen molar-refractivity contribution in [3.8, 4) is 0 Å². The highest BCUT2D eigenvalue weighted by molar-refractivity contribution is 9.11. The molecule has 3 N–H and O–H groups in total. The van der Waals surface area contributed by atoms with Crippen LogP contribution in [0.1, 0.15) is 24.6 Å². The lowest BCUT2D eigenvalue weighted by atomic mass is 9.90. The van der Waals surface area contributed by atoms with E-state index in [0.717, 1.165) is 40.7 Å². The molecule has 1 aliphatic heterocycles. The summed E-state index contributed by atoms with van der Waals surface area (Å²) in [6.45, 7) is 1.61. The number of hydrogen-bond acceptors (Lipinski definition) is 4. The Kier molecular flexibility index (Phi) is 4.93. The molecule has 2 heterocycles. The topological polar surface area (TPSA) is 60.2 Å². The van der Waals surface area contributed by atoms with Crippen LogP contribution in [0.25, 0.3) is 0 Å². The number of halogens is 2. The molecule has 2 rings (SSSR count). The fourth-order valence-electron chi connectivity index (χ4n) is 2.14. The summed E-state index contributed by atoms with van der Waals surface area (Å²) in [4.78, 5) is 4.45. The fourth-order valence-corrected chi connectivity index (χ4v) is 3.38. The third-order valence-electron chi connectivity index (χ3n) is 3.05. The van der Waals surface area contributed by atoms with Crippen molar-refractivity contribution in [2.45, 2.75) is 18.9 Å². The number of aromatic nitrogens is 1. The van der Waals surface area contributed by atoms with Gasteiger partial charge in [-0.25, -0.2) is 0 Å². The standard InChI is InChI=1S/C11H15Br2N3O/c12-8-5-9(13)11(15-6-8)10(16-14)7-1-3-17-4-2-7/h5-7,10,16H,1-4,14H2. The van der Waals surface area contributed by atoms with Gasteiger partial charge in [0.25, 0.3) is 0 Å². The molecule has 1 aromatic rings. The van der Waals surface area contributed by atoms with E-state index in [1.54, 1.807) is 6.20 Å². The van der Waals surface area contributed by atoms with Gasteiger partial charge in [-0.2, -0.15) is 0 Å². The molecule has 6 heteroatoms. The number of nitrogens with zero attached hydrogens (tertiary/aromatic N) is 1. The van der Waals surface area contributed by atoms with Crippen molar-refractivity contribution < 1.29 is 4.74 Å². The molecule has 1 atom stereocenters. The summed E-state index contributed by atoms with van der Waals surface area (Å²) in [7, 11) is 0. The normalized spacial score (nSPS) is 19.2. The van der Waals surface area contributed by atoms with E-state index in [2.05, 4.69) is 42.3 Å². The Morgan fingerprint density at radius 3 is 2.71 bits per heavy atom. The molecule has 0 aliphatic carbocycles. The highest BCUT2D eigenvalue weighted by atomic mass is 79.9. The summed E-state index contributed by atoms with van der Waals surface area (Å²) in [5, 5.41) is 0. The van der Waals surface area contributed by atoms with Crippen LogP contribution in [0, 0.1) is 5.92 Å². The van der Waals surface area contributed by atoms with Gasteiger partial charge in [0.15, 0.2) is 0 Å². The highest BCUT2D eigenvalue weighted by Crippen LogP contribution is 2.33. The number of hydrogen-bond donors (Lipinski definition) is 2. The number of rotatable bonds is 3. The Morgan fingerprint density at radius 2 is 2.12 bits per heavy atom. The Bertz CT molecular complexity index is 383. The van der Waals surface area contributed by atoms with Crippen molar-refractivity contribution in [1.82, 2.24) is 10.4 Å². The zero-order valence-electron chi connectivity index (χ0n) is 9.33. The molecule has 1 saturated heterocycles. The van der Waals surface area contributed by atoms with Gasteiger partial charge in [0.05, 0.1) is 11.7 Å². The molecule has 4 nitrogen and oxygen atoms in total. The summed E-state index contributed by atoms with van der Waals surface area (Å²) in [6.07, 6.45) is 3.82. The van der Waals surface area contributed by atoms with Crippen LogP contribution in [0.2, 0.25) is 0 Å². The Labute approximate surface area is 118 Å². The molecule has 1 fully saturated rings. The molecule has 0 aromatic carbocycles. The highest BCUT2D eigenvalue weighted by Gasteiger charge is 2.27. The minimum absolute atomic E-state index is 0.0707. The quantitative estimate of drug-likeness (QED) is 0.639. The van der Waals surface area contributed by atoms with Crippen molar-refractivity contribution in [2.75, 3.05) is 13.2 Å². The first-order chi connectivity index (χ1) is 8.22. The molecule has 1 aliphatic rings. The molecule has 1 unspecified atom stereocenters. The molecule has 1 aromatic heterocycles. The van der Waals surface area contributed by atoms with E-state index < -0.39 is 0 Å². The maximum atomic E-state index is 5.68. The third-order valence-corrected chi connectivity index (χ3v) is 4.12. The smallest absolute Gasteiger partial charge is 0.0732 e. The summed E-state index contributed by atoms with van der Waals surface area (Å²) in [5.41, 5.74) is 3.85. The molecular formula is C11H15Br2N3O. The monoisotopic (exact) mass is 363 g/mol. The first-order valence-corrected chi connectivity index (χ1v) is 7.15. The zero-order chi connectivity index (χ0) is 12.3. The van der Waals surface area contributed by atoms with E-state index in [1.807, 2.05) is 6.07 Å². The van der Waals surface area contributed by atoms with Crippen molar-refractivity contribution in [3.63, 3.8) is 0 Å². The Balaban J connectivity index is 2.21. The maximum Gasteiger partial charge on any atom is 0.0732 e. The summed E-state index contributed by atoms with van der Waals surface area (Å²) >= 11 is 6.94. The van der Waals surface area contributed by atoms with Crippen molar-refractivity contribution in [3.05, 3.63) is 26.9 Å². The van der Waals surface area contributed by atoms with Gasteiger partial charge < -0.3 is 4.74 Å². The van der Waals surface area contributed by atoms with E-state index in [4.69, 9.17) is 10.6 Å². The van der Waals surface area contributed by atoms with Crippen LogP contribution in [-0.4, -0.2) is 18.2 Å². The average Bonchev–Trinajstić information content (AvgIpc) is 2.34. The number of nitrogens with two attached hydrogens (primary N) is 1. The van der Waals surface area contributed by atoms with Gasteiger partial charge in [0.1, 0.15) is 0 Å². The SMILES string of the molecule is NNC(c1ncc(Br)cc1Br)C1CCOCC1. The van der Waals surface area contributed by atoms with Gasteiger partial charge in [-0.1, -0.05) is 0 Å². The van der Waals surface area contributed by atoms with Crippen LogP contribution >= 0.6 is 31.9 Å². The van der Waals surface area contributed by atoms with Crippen molar-refractivity contribution in [2.24, 2.45) is 11.8 Å². The molecule has 0 bridgehead atoms. The molecule has 0 spiro atoms. The Hall–Kier alpha value is -0.0100. The number of nitrogens with one attached hydrogen (secondary N) is 1. The number of hydrazine groups is 1. The lowest BCUT2D eigenvalue weighted by molar-refractivity contribution is 0.0530. The molecule has 0 amide bonds. The van der Waals surface area contributed by atoms with Gasteiger partial charge in [-0.05, 0) is 56.7 Å². The van der Waals surface area contributed by atoms with Gasteiger partial charge in [-0.15, -0.1) is 0 Å². The second-order valence-electron chi connectivity index (χ2n) is 4.11. The molecule has 0 saturated carbocycles. The summed E-state index contributed by atoms with van der Waals surface area (Å²) in [6, 6.07) is 2.06.